The fourth-order valence-corrected chi connectivity index (χ4v) is 1.89. The van der Waals surface area contributed by atoms with Crippen LogP contribution in [0, 0.1) is 0 Å². The van der Waals surface area contributed by atoms with Gasteiger partial charge < -0.3 is 15.2 Å². The van der Waals surface area contributed by atoms with Crippen LogP contribution >= 0.6 is 0 Å². The number of hydrogen-bond acceptors (Lipinski definition) is 3. The highest BCUT2D eigenvalue weighted by molar-refractivity contribution is 5.78. The maximum absolute atomic E-state index is 11.8. The second kappa shape index (κ2) is 8.29. The molecule has 21 heavy (non-hydrogen) atoms. The third-order valence-corrected chi connectivity index (χ3v) is 3.17. The predicted octanol–water partition coefficient (Wildman–Crippen LogP) is 2.56. The van der Waals surface area contributed by atoms with E-state index in [-0.39, 0.29) is 25.0 Å². The van der Waals surface area contributed by atoms with Crippen LogP contribution in [0.25, 0.3) is 0 Å². The smallest absolute Gasteiger partial charge is 0.305 e. The first-order valence-electron chi connectivity index (χ1n) is 7.16. The van der Waals surface area contributed by atoms with E-state index in [9.17, 15) is 9.59 Å². The van der Waals surface area contributed by atoms with Crippen LogP contribution in [0.5, 0.6) is 5.75 Å². The number of ether oxygens (including phenoxy) is 1. The zero-order valence-electron chi connectivity index (χ0n) is 12.8. The normalized spacial score (nSPS) is 12.0. The average Bonchev–Trinajstić information content (AvgIpc) is 2.44. The van der Waals surface area contributed by atoms with Crippen molar-refractivity contribution in [3.05, 3.63) is 29.8 Å². The summed E-state index contributed by atoms with van der Waals surface area (Å²) >= 11 is 0. The summed E-state index contributed by atoms with van der Waals surface area (Å²) in [4.78, 5) is 22.4. The van der Waals surface area contributed by atoms with Crippen molar-refractivity contribution >= 4 is 11.9 Å². The molecular formula is C16H23NO4. The largest absolute Gasteiger partial charge is 0.484 e. The second-order valence-corrected chi connectivity index (χ2v) is 5.29. The van der Waals surface area contributed by atoms with Crippen molar-refractivity contribution in [3.8, 4) is 5.75 Å². The van der Waals surface area contributed by atoms with Crippen LogP contribution in [0.15, 0.2) is 24.3 Å². The quantitative estimate of drug-likeness (QED) is 0.772. The van der Waals surface area contributed by atoms with E-state index in [0.29, 0.717) is 18.1 Å². The minimum absolute atomic E-state index is 0.0783. The molecule has 5 heteroatoms. The number of carbonyl (C=O) groups excluding carboxylic acids is 1. The lowest BCUT2D eigenvalue weighted by atomic mass is 10.0. The van der Waals surface area contributed by atoms with Crippen LogP contribution in [-0.4, -0.2) is 29.6 Å². The molecule has 116 valence electrons. The molecule has 0 bridgehead atoms. The third kappa shape index (κ3) is 6.29. The van der Waals surface area contributed by atoms with Crippen molar-refractivity contribution in [3.63, 3.8) is 0 Å². The number of carboxylic acid groups (broad SMARTS) is 1. The molecule has 0 radical (unpaired) electrons. The van der Waals surface area contributed by atoms with Crippen molar-refractivity contribution in [1.29, 1.82) is 0 Å². The van der Waals surface area contributed by atoms with Gasteiger partial charge in [-0.1, -0.05) is 32.9 Å². The van der Waals surface area contributed by atoms with Gasteiger partial charge in [0.15, 0.2) is 6.61 Å². The molecule has 0 aromatic heterocycles. The van der Waals surface area contributed by atoms with Gasteiger partial charge in [0.2, 0.25) is 0 Å². The summed E-state index contributed by atoms with van der Waals surface area (Å²) in [6.07, 6.45) is 0.492. The summed E-state index contributed by atoms with van der Waals surface area (Å²) in [7, 11) is 0. The van der Waals surface area contributed by atoms with Crippen LogP contribution in [-0.2, 0) is 9.59 Å². The van der Waals surface area contributed by atoms with Crippen LogP contribution in [0.4, 0.5) is 0 Å². The van der Waals surface area contributed by atoms with Crippen molar-refractivity contribution < 1.29 is 19.4 Å². The topological polar surface area (TPSA) is 75.6 Å². The molecule has 0 saturated carbocycles. The standard InChI is InChI=1S/C16H23NO4/c1-4-13(9-16(19)20)17-15(18)10-21-14-7-5-6-12(8-14)11(2)3/h5-8,11,13H,4,9-10H2,1-3H3,(H,17,18)(H,19,20). The zero-order valence-corrected chi connectivity index (χ0v) is 12.8. The number of aliphatic carboxylic acids is 1. The molecule has 1 aromatic rings. The van der Waals surface area contributed by atoms with Gasteiger partial charge in [-0.3, -0.25) is 9.59 Å². The first-order valence-corrected chi connectivity index (χ1v) is 7.16. The molecule has 0 aliphatic carbocycles. The van der Waals surface area contributed by atoms with E-state index in [2.05, 4.69) is 19.2 Å². The van der Waals surface area contributed by atoms with Gasteiger partial charge in [0, 0.05) is 6.04 Å². The SMILES string of the molecule is CCC(CC(=O)O)NC(=O)COc1cccc(C(C)C)c1. The van der Waals surface area contributed by atoms with E-state index in [1.165, 1.54) is 0 Å². The van der Waals surface area contributed by atoms with Crippen molar-refractivity contribution in [2.24, 2.45) is 0 Å². The number of rotatable bonds is 8. The number of amides is 1. The molecule has 0 heterocycles. The lowest BCUT2D eigenvalue weighted by molar-refractivity contribution is -0.137. The molecule has 1 atom stereocenters. The van der Waals surface area contributed by atoms with Gasteiger partial charge in [-0.25, -0.2) is 0 Å². The van der Waals surface area contributed by atoms with Gasteiger partial charge in [-0.05, 0) is 30.0 Å². The van der Waals surface area contributed by atoms with E-state index in [4.69, 9.17) is 9.84 Å². The highest BCUT2D eigenvalue weighted by Gasteiger charge is 2.14. The minimum Gasteiger partial charge on any atom is -0.484 e. The minimum atomic E-state index is -0.923. The number of carboxylic acids is 1. The Balaban J connectivity index is 2.49. The Kier molecular flexibility index (Phi) is 6.72. The van der Waals surface area contributed by atoms with E-state index in [1.54, 1.807) is 6.07 Å². The molecule has 0 saturated heterocycles. The second-order valence-electron chi connectivity index (χ2n) is 5.29. The fourth-order valence-electron chi connectivity index (χ4n) is 1.89. The molecule has 0 aliphatic heterocycles. The van der Waals surface area contributed by atoms with Gasteiger partial charge in [0.1, 0.15) is 5.75 Å². The van der Waals surface area contributed by atoms with Crippen LogP contribution < -0.4 is 10.1 Å². The summed E-state index contributed by atoms with van der Waals surface area (Å²) in [5.41, 5.74) is 1.14. The molecule has 1 unspecified atom stereocenters. The number of benzene rings is 1. The van der Waals surface area contributed by atoms with E-state index in [0.717, 1.165) is 5.56 Å². The Labute approximate surface area is 125 Å². The third-order valence-electron chi connectivity index (χ3n) is 3.17. The first-order chi connectivity index (χ1) is 9.92. The first kappa shape index (κ1) is 17.0. The molecule has 1 amide bonds. The number of hydrogen-bond donors (Lipinski definition) is 2. The Morgan fingerprint density at radius 1 is 1.33 bits per heavy atom. The van der Waals surface area contributed by atoms with Gasteiger partial charge in [-0.15, -0.1) is 0 Å². The van der Waals surface area contributed by atoms with Crippen LogP contribution in [0.1, 0.15) is 45.1 Å². The maximum atomic E-state index is 11.8. The Bertz CT molecular complexity index is 485. The van der Waals surface area contributed by atoms with Gasteiger partial charge in [-0.2, -0.15) is 0 Å². The molecule has 0 aliphatic rings. The van der Waals surface area contributed by atoms with Crippen molar-refractivity contribution in [2.75, 3.05) is 6.61 Å². The summed E-state index contributed by atoms with van der Waals surface area (Å²) in [6.45, 7) is 5.89. The van der Waals surface area contributed by atoms with Gasteiger partial charge in [0.25, 0.3) is 5.91 Å². The van der Waals surface area contributed by atoms with Crippen molar-refractivity contribution in [2.45, 2.75) is 45.6 Å². The molecule has 0 fully saturated rings. The van der Waals surface area contributed by atoms with E-state index in [1.807, 2.05) is 25.1 Å². The Morgan fingerprint density at radius 3 is 2.62 bits per heavy atom. The highest BCUT2D eigenvalue weighted by Crippen LogP contribution is 2.19. The fraction of sp³-hybridized carbons (Fsp3) is 0.500. The van der Waals surface area contributed by atoms with Gasteiger partial charge >= 0.3 is 5.97 Å². The molecule has 1 rings (SSSR count). The van der Waals surface area contributed by atoms with E-state index >= 15 is 0 Å². The lowest BCUT2D eigenvalue weighted by Gasteiger charge is -2.15. The predicted molar refractivity (Wildman–Crippen MR) is 80.5 cm³/mol. The molecule has 2 N–H and O–H groups in total. The molecule has 1 aromatic carbocycles. The number of nitrogens with one attached hydrogen (secondary N) is 1. The summed E-state index contributed by atoms with van der Waals surface area (Å²) < 4.78 is 5.45. The Morgan fingerprint density at radius 2 is 2.05 bits per heavy atom. The zero-order chi connectivity index (χ0) is 15.8. The number of carbonyl (C=O) groups is 2. The van der Waals surface area contributed by atoms with Crippen LogP contribution in [0.2, 0.25) is 0 Å². The van der Waals surface area contributed by atoms with E-state index < -0.39 is 5.97 Å². The maximum Gasteiger partial charge on any atom is 0.305 e. The molecule has 0 spiro atoms. The van der Waals surface area contributed by atoms with Crippen molar-refractivity contribution in [1.82, 2.24) is 5.32 Å². The van der Waals surface area contributed by atoms with Gasteiger partial charge in [0.05, 0.1) is 6.42 Å². The monoisotopic (exact) mass is 293 g/mol. The molecular weight excluding hydrogens is 270 g/mol. The van der Waals surface area contributed by atoms with Crippen LogP contribution in [0.3, 0.4) is 0 Å². The molecule has 5 nitrogen and oxygen atoms in total. The highest BCUT2D eigenvalue weighted by atomic mass is 16.5. The average molecular weight is 293 g/mol. The summed E-state index contributed by atoms with van der Waals surface area (Å²) in [6, 6.07) is 7.25. The summed E-state index contributed by atoms with van der Waals surface area (Å²) in [5.74, 6) is -0.198. The summed E-state index contributed by atoms with van der Waals surface area (Å²) in [5, 5.41) is 11.4. The lowest BCUT2D eigenvalue weighted by Crippen LogP contribution is -2.38. The Hall–Kier alpha value is -2.04.